The van der Waals surface area contributed by atoms with Gasteiger partial charge in [0.05, 0.1) is 11.4 Å². The quantitative estimate of drug-likeness (QED) is 0.437. The summed E-state index contributed by atoms with van der Waals surface area (Å²) in [5, 5.41) is 10.2. The van der Waals surface area contributed by atoms with Gasteiger partial charge in [-0.2, -0.15) is 0 Å². The summed E-state index contributed by atoms with van der Waals surface area (Å²) in [6.07, 6.45) is 1.86. The molecular weight excluding hydrogens is 424 g/mol. The van der Waals surface area contributed by atoms with E-state index in [-0.39, 0.29) is 11.8 Å². The number of aryl methyl sites for hydroxylation is 2. The Kier molecular flexibility index (Phi) is 5.94. The summed E-state index contributed by atoms with van der Waals surface area (Å²) in [5.41, 5.74) is 5.04. The minimum atomic E-state index is -0.0295. The van der Waals surface area contributed by atoms with Crippen molar-refractivity contribution >= 4 is 28.4 Å². The minimum absolute atomic E-state index is 0.0295. The highest BCUT2D eigenvalue weighted by molar-refractivity contribution is 5.94. The molecule has 1 aliphatic heterocycles. The SMILES string of the molecule is CCN(CC)C(=O)[C@@H]1CCCN(c2nc3ccc(C)cc3c3nnc(-c4cccc(C)c4)n23)C1. The summed E-state index contributed by atoms with van der Waals surface area (Å²) < 4.78 is 2.08. The summed E-state index contributed by atoms with van der Waals surface area (Å²) >= 11 is 0. The van der Waals surface area contributed by atoms with Crippen molar-refractivity contribution in [3.8, 4) is 11.4 Å². The number of rotatable bonds is 5. The third kappa shape index (κ3) is 3.89. The van der Waals surface area contributed by atoms with E-state index in [0.29, 0.717) is 6.54 Å². The van der Waals surface area contributed by atoms with Gasteiger partial charge in [-0.1, -0.05) is 35.4 Å². The van der Waals surface area contributed by atoms with Crippen LogP contribution in [0, 0.1) is 19.8 Å². The second kappa shape index (κ2) is 9.05. The van der Waals surface area contributed by atoms with E-state index in [9.17, 15) is 4.79 Å². The highest BCUT2D eigenvalue weighted by Crippen LogP contribution is 2.31. The second-order valence-corrected chi connectivity index (χ2v) is 9.28. The number of amides is 1. The number of carbonyl (C=O) groups excluding carboxylic acids is 1. The lowest BCUT2D eigenvalue weighted by molar-refractivity contribution is -0.135. The van der Waals surface area contributed by atoms with Crippen LogP contribution < -0.4 is 4.90 Å². The summed E-state index contributed by atoms with van der Waals surface area (Å²) in [6.45, 7) is 11.2. The molecule has 0 spiro atoms. The van der Waals surface area contributed by atoms with Crippen LogP contribution in [0.15, 0.2) is 42.5 Å². The fraction of sp³-hybridized carbons (Fsp3) is 0.407. The van der Waals surface area contributed by atoms with Gasteiger partial charge in [-0.3, -0.25) is 4.79 Å². The number of piperidine rings is 1. The molecule has 34 heavy (non-hydrogen) atoms. The monoisotopic (exact) mass is 456 g/mol. The number of hydrogen-bond acceptors (Lipinski definition) is 5. The van der Waals surface area contributed by atoms with E-state index >= 15 is 0 Å². The first-order chi connectivity index (χ1) is 16.5. The zero-order valence-electron chi connectivity index (χ0n) is 20.5. The molecule has 1 saturated heterocycles. The van der Waals surface area contributed by atoms with Crippen LogP contribution >= 0.6 is 0 Å². The standard InChI is InChI=1S/C27H32N6O/c1-5-31(6-2)26(34)21-11-8-14-32(17-21)27-28-23-13-12-19(4)16-22(23)25-30-29-24(33(25)27)20-10-7-9-18(3)15-20/h7,9-10,12-13,15-16,21H,5-6,8,11,14,17H2,1-4H3/t21-/m1/s1. The van der Waals surface area contributed by atoms with E-state index in [2.05, 4.69) is 69.7 Å². The third-order valence-electron chi connectivity index (χ3n) is 6.88. The predicted octanol–water partition coefficient (Wildman–Crippen LogP) is 4.65. The molecule has 1 amide bonds. The van der Waals surface area contributed by atoms with Gasteiger partial charge in [-0.25, -0.2) is 9.38 Å². The van der Waals surface area contributed by atoms with Gasteiger partial charge < -0.3 is 9.80 Å². The van der Waals surface area contributed by atoms with E-state index < -0.39 is 0 Å². The molecule has 0 radical (unpaired) electrons. The van der Waals surface area contributed by atoms with Crippen LogP contribution in [0.1, 0.15) is 37.8 Å². The highest BCUT2D eigenvalue weighted by Gasteiger charge is 2.31. The Balaban J connectivity index is 1.67. The lowest BCUT2D eigenvalue weighted by Gasteiger charge is -2.35. The third-order valence-corrected chi connectivity index (χ3v) is 6.88. The van der Waals surface area contributed by atoms with Gasteiger partial charge in [0.15, 0.2) is 11.5 Å². The van der Waals surface area contributed by atoms with Crippen molar-refractivity contribution in [2.45, 2.75) is 40.5 Å². The van der Waals surface area contributed by atoms with Crippen molar-refractivity contribution in [1.82, 2.24) is 24.5 Å². The van der Waals surface area contributed by atoms with E-state index in [1.165, 1.54) is 5.56 Å². The summed E-state index contributed by atoms with van der Waals surface area (Å²) in [5.74, 6) is 1.80. The maximum absolute atomic E-state index is 13.2. The van der Waals surface area contributed by atoms with E-state index in [1.54, 1.807) is 0 Å². The van der Waals surface area contributed by atoms with E-state index in [0.717, 1.165) is 71.9 Å². The maximum Gasteiger partial charge on any atom is 0.227 e. The average Bonchev–Trinajstić information content (AvgIpc) is 3.30. The largest absolute Gasteiger partial charge is 0.343 e. The zero-order valence-corrected chi connectivity index (χ0v) is 20.5. The van der Waals surface area contributed by atoms with Crippen LogP contribution in [0.3, 0.4) is 0 Å². The van der Waals surface area contributed by atoms with Gasteiger partial charge in [0.2, 0.25) is 11.9 Å². The highest BCUT2D eigenvalue weighted by atomic mass is 16.2. The number of aromatic nitrogens is 4. The zero-order chi connectivity index (χ0) is 23.8. The van der Waals surface area contributed by atoms with Crippen LogP contribution in [0.4, 0.5) is 5.95 Å². The van der Waals surface area contributed by atoms with Gasteiger partial charge in [0, 0.05) is 37.1 Å². The first kappa shape index (κ1) is 22.3. The number of fused-ring (bicyclic) bond motifs is 3. The number of benzene rings is 2. The predicted molar refractivity (Wildman–Crippen MR) is 136 cm³/mol. The molecule has 0 saturated carbocycles. The summed E-state index contributed by atoms with van der Waals surface area (Å²) in [7, 11) is 0. The van der Waals surface area contributed by atoms with Gasteiger partial charge >= 0.3 is 0 Å². The van der Waals surface area contributed by atoms with Crippen LogP contribution in [0.5, 0.6) is 0 Å². The van der Waals surface area contributed by atoms with Crippen LogP contribution in [0.25, 0.3) is 27.9 Å². The van der Waals surface area contributed by atoms with Crippen molar-refractivity contribution in [1.29, 1.82) is 0 Å². The van der Waals surface area contributed by atoms with Crippen molar-refractivity contribution < 1.29 is 4.79 Å². The topological polar surface area (TPSA) is 66.6 Å². The number of carbonyl (C=O) groups is 1. The summed E-state index contributed by atoms with van der Waals surface area (Å²) in [6, 6.07) is 14.6. The molecular formula is C27H32N6O. The van der Waals surface area contributed by atoms with E-state index in [4.69, 9.17) is 4.98 Å². The Labute approximate surface area is 200 Å². The summed E-state index contributed by atoms with van der Waals surface area (Å²) in [4.78, 5) is 22.5. The van der Waals surface area contributed by atoms with E-state index in [1.807, 2.05) is 24.8 Å². The Morgan fingerprint density at radius 3 is 2.62 bits per heavy atom. The van der Waals surface area contributed by atoms with Gasteiger partial charge in [0.1, 0.15) is 0 Å². The number of nitrogens with zero attached hydrogens (tertiary/aromatic N) is 6. The van der Waals surface area contributed by atoms with Crippen molar-refractivity contribution in [3.05, 3.63) is 53.6 Å². The molecule has 0 N–H and O–H groups in total. The van der Waals surface area contributed by atoms with Crippen molar-refractivity contribution in [2.24, 2.45) is 5.92 Å². The fourth-order valence-corrected chi connectivity index (χ4v) is 5.07. The molecule has 1 atom stereocenters. The normalized spacial score (nSPS) is 16.4. The van der Waals surface area contributed by atoms with Gasteiger partial charge in [0.25, 0.3) is 0 Å². The second-order valence-electron chi connectivity index (χ2n) is 9.28. The first-order valence-corrected chi connectivity index (χ1v) is 12.3. The Bertz CT molecular complexity index is 1360. The molecule has 0 unspecified atom stereocenters. The molecule has 5 rings (SSSR count). The molecule has 3 heterocycles. The lowest BCUT2D eigenvalue weighted by atomic mass is 9.96. The van der Waals surface area contributed by atoms with Crippen LogP contribution in [-0.2, 0) is 4.79 Å². The fourth-order valence-electron chi connectivity index (χ4n) is 5.07. The molecule has 2 aromatic carbocycles. The van der Waals surface area contributed by atoms with Crippen LogP contribution in [-0.4, -0.2) is 56.6 Å². The molecule has 1 aliphatic rings. The van der Waals surface area contributed by atoms with Gasteiger partial charge in [-0.05, 0) is 58.7 Å². The number of anilines is 1. The van der Waals surface area contributed by atoms with Crippen LogP contribution in [0.2, 0.25) is 0 Å². The van der Waals surface area contributed by atoms with Crippen molar-refractivity contribution in [2.75, 3.05) is 31.1 Å². The smallest absolute Gasteiger partial charge is 0.227 e. The lowest BCUT2D eigenvalue weighted by Crippen LogP contribution is -2.45. The minimum Gasteiger partial charge on any atom is -0.343 e. The molecule has 0 aliphatic carbocycles. The Morgan fingerprint density at radius 2 is 1.85 bits per heavy atom. The molecule has 4 aromatic rings. The molecule has 0 bridgehead atoms. The first-order valence-electron chi connectivity index (χ1n) is 12.3. The van der Waals surface area contributed by atoms with Crippen molar-refractivity contribution in [3.63, 3.8) is 0 Å². The molecule has 176 valence electrons. The molecule has 1 fully saturated rings. The average molecular weight is 457 g/mol. The molecule has 7 nitrogen and oxygen atoms in total. The Hall–Kier alpha value is -3.48. The molecule has 7 heteroatoms. The Morgan fingerprint density at radius 1 is 1.06 bits per heavy atom. The number of hydrogen-bond donors (Lipinski definition) is 0. The molecule has 2 aromatic heterocycles. The van der Waals surface area contributed by atoms with Gasteiger partial charge in [-0.15, -0.1) is 10.2 Å². The maximum atomic E-state index is 13.2.